The van der Waals surface area contributed by atoms with Gasteiger partial charge in [0, 0.05) is 20.1 Å². The van der Waals surface area contributed by atoms with Crippen LogP contribution in [-0.4, -0.2) is 28.1 Å². The fourth-order valence-corrected chi connectivity index (χ4v) is 4.72. The van der Waals surface area contributed by atoms with Crippen LogP contribution in [0.3, 0.4) is 0 Å². The molecule has 4 rings (SSSR count). The van der Waals surface area contributed by atoms with Gasteiger partial charge in [0.1, 0.15) is 11.3 Å². The van der Waals surface area contributed by atoms with Crippen LogP contribution in [0.15, 0.2) is 24.4 Å². The van der Waals surface area contributed by atoms with Crippen molar-refractivity contribution in [3.05, 3.63) is 40.5 Å². The molecule has 0 amide bonds. The molecule has 0 saturated carbocycles. The highest BCUT2D eigenvalue weighted by atomic mass is 35.5. The van der Waals surface area contributed by atoms with Crippen molar-refractivity contribution < 1.29 is 0 Å². The molecule has 1 aliphatic rings. The number of fused-ring (bicyclic) bond motifs is 3. The summed E-state index contributed by atoms with van der Waals surface area (Å²) >= 11 is 6.63. The van der Waals surface area contributed by atoms with Crippen molar-refractivity contribution in [3.63, 3.8) is 0 Å². The van der Waals surface area contributed by atoms with Crippen LogP contribution in [0.2, 0.25) is 5.02 Å². The van der Waals surface area contributed by atoms with Crippen LogP contribution in [0.25, 0.3) is 11.0 Å². The van der Waals surface area contributed by atoms with Gasteiger partial charge in [0.15, 0.2) is 0 Å². The molecule has 0 fully saturated rings. The third kappa shape index (κ3) is 3.46. The van der Waals surface area contributed by atoms with Gasteiger partial charge in [0.25, 0.3) is 0 Å². The lowest BCUT2D eigenvalue weighted by Crippen LogP contribution is -2.22. The van der Waals surface area contributed by atoms with Gasteiger partial charge in [0.2, 0.25) is 5.95 Å². The minimum Gasteiger partial charge on any atom is -0.387 e. The molecule has 0 radical (unpaired) electrons. The third-order valence-corrected chi connectivity index (χ3v) is 6.44. The van der Waals surface area contributed by atoms with E-state index in [4.69, 9.17) is 21.6 Å². The summed E-state index contributed by atoms with van der Waals surface area (Å²) in [6.45, 7) is 8.51. The summed E-state index contributed by atoms with van der Waals surface area (Å²) in [6.07, 6.45) is 6.36. The maximum atomic E-state index is 6.63. The number of imidazole rings is 1. The molecule has 0 spiro atoms. The van der Waals surface area contributed by atoms with Gasteiger partial charge in [-0.3, -0.25) is 4.90 Å². The van der Waals surface area contributed by atoms with E-state index in [1.54, 1.807) is 0 Å². The van der Waals surface area contributed by atoms with Gasteiger partial charge in [0.05, 0.1) is 22.4 Å². The van der Waals surface area contributed by atoms with Crippen LogP contribution in [-0.2, 0) is 6.54 Å². The lowest BCUT2D eigenvalue weighted by atomic mass is 9.93. The zero-order valence-corrected chi connectivity index (χ0v) is 18.6. The molecule has 1 aromatic carbocycles. The molecule has 154 valence electrons. The molecule has 29 heavy (non-hydrogen) atoms. The molecule has 1 aliphatic heterocycles. The lowest BCUT2D eigenvalue weighted by molar-refractivity contribution is 0.632. The van der Waals surface area contributed by atoms with Gasteiger partial charge in [-0.25, -0.2) is 9.97 Å². The zero-order valence-electron chi connectivity index (χ0n) is 17.8. The first kappa shape index (κ1) is 20.0. The molecule has 1 N–H and O–H groups in total. The van der Waals surface area contributed by atoms with E-state index in [-0.39, 0.29) is 0 Å². The number of aryl methyl sites for hydroxylation is 2. The summed E-state index contributed by atoms with van der Waals surface area (Å²) in [4.78, 5) is 12.1. The monoisotopic (exact) mass is 411 g/mol. The van der Waals surface area contributed by atoms with Crippen LogP contribution < -0.4 is 10.2 Å². The van der Waals surface area contributed by atoms with Crippen molar-refractivity contribution >= 4 is 40.1 Å². The Morgan fingerprint density at radius 3 is 2.62 bits per heavy atom. The second-order valence-electron chi connectivity index (χ2n) is 7.88. The number of hydrogen-bond acceptors (Lipinski definition) is 4. The highest BCUT2D eigenvalue weighted by molar-refractivity contribution is 6.35. The number of nitrogens with one attached hydrogen (secondary N) is 1. The number of rotatable bonds is 5. The Morgan fingerprint density at radius 1 is 1.17 bits per heavy atom. The first-order valence-electron chi connectivity index (χ1n) is 10.7. The van der Waals surface area contributed by atoms with Gasteiger partial charge >= 0.3 is 0 Å². The predicted molar refractivity (Wildman–Crippen MR) is 123 cm³/mol. The van der Waals surface area contributed by atoms with E-state index in [1.165, 1.54) is 11.1 Å². The first-order chi connectivity index (χ1) is 14.1. The van der Waals surface area contributed by atoms with E-state index in [2.05, 4.69) is 47.7 Å². The third-order valence-electron chi connectivity index (χ3n) is 6.13. The number of aromatic nitrogens is 3. The fraction of sp³-hybridized carbons (Fsp3) is 0.478. The zero-order chi connectivity index (χ0) is 20.5. The van der Waals surface area contributed by atoms with E-state index in [9.17, 15) is 0 Å². The van der Waals surface area contributed by atoms with Crippen molar-refractivity contribution in [3.8, 4) is 0 Å². The SMILES string of the molecule is CCC(CC)c1ccc(Cl)c2nc3n(c12)CCCCN3c1ncc(NC)cc1C. The number of hydrogen-bond donors (Lipinski definition) is 1. The van der Waals surface area contributed by atoms with Crippen LogP contribution >= 0.6 is 11.6 Å². The molecular weight excluding hydrogens is 382 g/mol. The van der Waals surface area contributed by atoms with Gasteiger partial charge < -0.3 is 9.88 Å². The Balaban J connectivity index is 1.93. The molecule has 3 heterocycles. The Kier molecular flexibility index (Phi) is 5.68. The number of halogens is 1. The number of pyridine rings is 1. The fourth-order valence-electron chi connectivity index (χ4n) is 4.52. The number of anilines is 3. The van der Waals surface area contributed by atoms with E-state index in [0.29, 0.717) is 5.92 Å². The highest BCUT2D eigenvalue weighted by Crippen LogP contribution is 2.39. The second kappa shape index (κ2) is 8.23. The summed E-state index contributed by atoms with van der Waals surface area (Å²) in [7, 11) is 1.92. The summed E-state index contributed by atoms with van der Waals surface area (Å²) in [5.41, 5.74) is 5.66. The standard InChI is InChI=1S/C23H30ClN5/c1-5-16(6-2)18-9-10-19(24)20-21(18)28-11-7-8-12-29(23(28)27-20)22-15(3)13-17(25-4)14-26-22/h9-10,13-14,16,25H,5-8,11-12H2,1-4H3. The van der Waals surface area contributed by atoms with Gasteiger partial charge in [-0.05, 0) is 61.8 Å². The van der Waals surface area contributed by atoms with Crippen molar-refractivity contribution in [1.82, 2.24) is 14.5 Å². The molecule has 0 aliphatic carbocycles. The average Bonchev–Trinajstić information content (AvgIpc) is 2.99. The second-order valence-corrected chi connectivity index (χ2v) is 8.29. The van der Waals surface area contributed by atoms with E-state index in [1.807, 2.05) is 19.3 Å². The molecule has 2 aromatic heterocycles. The first-order valence-corrected chi connectivity index (χ1v) is 11.1. The van der Waals surface area contributed by atoms with Crippen LogP contribution in [0.1, 0.15) is 56.6 Å². The van der Waals surface area contributed by atoms with Crippen molar-refractivity contribution in [2.24, 2.45) is 0 Å². The molecule has 0 bridgehead atoms. The van der Waals surface area contributed by atoms with E-state index in [0.717, 1.165) is 72.3 Å². The molecular formula is C23H30ClN5. The van der Waals surface area contributed by atoms with Gasteiger partial charge in [-0.2, -0.15) is 0 Å². The Hall–Kier alpha value is -2.27. The minimum absolute atomic E-state index is 0.516. The highest BCUT2D eigenvalue weighted by Gasteiger charge is 2.26. The normalized spacial score (nSPS) is 14.3. The maximum Gasteiger partial charge on any atom is 0.212 e. The number of benzene rings is 1. The quantitative estimate of drug-likeness (QED) is 0.537. The Morgan fingerprint density at radius 2 is 1.93 bits per heavy atom. The lowest BCUT2D eigenvalue weighted by Gasteiger charge is -2.23. The average molecular weight is 412 g/mol. The summed E-state index contributed by atoms with van der Waals surface area (Å²) < 4.78 is 2.38. The number of nitrogens with zero attached hydrogens (tertiary/aromatic N) is 4. The van der Waals surface area contributed by atoms with Crippen LogP contribution in [0.4, 0.5) is 17.5 Å². The van der Waals surface area contributed by atoms with E-state index >= 15 is 0 Å². The summed E-state index contributed by atoms with van der Waals surface area (Å²) in [5, 5.41) is 3.90. The van der Waals surface area contributed by atoms with Crippen molar-refractivity contribution in [2.75, 3.05) is 23.8 Å². The molecule has 3 aromatic rings. The summed E-state index contributed by atoms with van der Waals surface area (Å²) in [6, 6.07) is 6.36. The molecule has 0 unspecified atom stereocenters. The minimum atomic E-state index is 0.516. The molecule has 6 heteroatoms. The molecule has 0 atom stereocenters. The van der Waals surface area contributed by atoms with Crippen LogP contribution in [0.5, 0.6) is 0 Å². The maximum absolute atomic E-state index is 6.63. The van der Waals surface area contributed by atoms with Crippen molar-refractivity contribution in [1.29, 1.82) is 0 Å². The topological polar surface area (TPSA) is 46.0 Å². The van der Waals surface area contributed by atoms with E-state index < -0.39 is 0 Å². The Labute approximate surface area is 178 Å². The molecule has 5 nitrogen and oxygen atoms in total. The summed E-state index contributed by atoms with van der Waals surface area (Å²) in [5.74, 6) is 2.45. The van der Waals surface area contributed by atoms with Gasteiger partial charge in [-0.1, -0.05) is 31.5 Å². The van der Waals surface area contributed by atoms with Crippen LogP contribution in [0, 0.1) is 6.92 Å². The molecule has 0 saturated heterocycles. The van der Waals surface area contributed by atoms with Gasteiger partial charge in [-0.15, -0.1) is 0 Å². The smallest absolute Gasteiger partial charge is 0.212 e. The Bertz CT molecular complexity index is 1020. The van der Waals surface area contributed by atoms with Crippen molar-refractivity contribution in [2.45, 2.75) is 58.9 Å². The largest absolute Gasteiger partial charge is 0.387 e. The predicted octanol–water partition coefficient (Wildman–Crippen LogP) is 6.27.